The first-order valence-electron chi connectivity index (χ1n) is 5.69. The molecule has 0 aliphatic carbocycles. The van der Waals surface area contributed by atoms with Gasteiger partial charge in [0.1, 0.15) is 0 Å². The third-order valence-electron chi connectivity index (χ3n) is 2.62. The van der Waals surface area contributed by atoms with E-state index in [-0.39, 0.29) is 21.4 Å². The second kappa shape index (κ2) is 8.43. The molecule has 1 heterocycles. The van der Waals surface area contributed by atoms with Crippen LogP contribution >= 0.6 is 11.8 Å². The van der Waals surface area contributed by atoms with E-state index in [1.807, 2.05) is 0 Å². The van der Waals surface area contributed by atoms with Gasteiger partial charge in [0, 0.05) is 0 Å². The van der Waals surface area contributed by atoms with E-state index < -0.39 is 42.0 Å². The van der Waals surface area contributed by atoms with Crippen molar-refractivity contribution in [2.45, 2.75) is 35.8 Å². The predicted octanol–water partition coefficient (Wildman–Crippen LogP) is -2.34. The number of carboxylic acid groups (broad SMARTS) is 1. The summed E-state index contributed by atoms with van der Waals surface area (Å²) in [5.41, 5.74) is 0. The van der Waals surface area contributed by atoms with Crippen LogP contribution in [0.4, 0.5) is 0 Å². The molecule has 5 unspecified atom stereocenters. The van der Waals surface area contributed by atoms with Gasteiger partial charge in [0.05, 0.1) is 0 Å². The van der Waals surface area contributed by atoms with E-state index in [0.29, 0.717) is 10.4 Å². The van der Waals surface area contributed by atoms with Crippen molar-refractivity contribution in [1.29, 1.82) is 0 Å². The van der Waals surface area contributed by atoms with Gasteiger partial charge < -0.3 is 0 Å². The van der Waals surface area contributed by atoms with Gasteiger partial charge in [-0.25, -0.2) is 0 Å². The summed E-state index contributed by atoms with van der Waals surface area (Å²) in [6, 6.07) is 0. The predicted molar refractivity (Wildman–Crippen MR) is 69.1 cm³/mol. The monoisotopic (exact) mass is 362 g/mol. The zero-order valence-electron chi connectivity index (χ0n) is 10.1. The minimum absolute atomic E-state index is 0.0788. The number of rotatable bonds is 7. The van der Waals surface area contributed by atoms with Gasteiger partial charge in [-0.2, -0.15) is 0 Å². The number of carbonyl (C=O) groups is 1. The van der Waals surface area contributed by atoms with Crippen molar-refractivity contribution in [3.63, 3.8) is 0 Å². The van der Waals surface area contributed by atoms with Crippen molar-refractivity contribution in [3.05, 3.63) is 0 Å². The van der Waals surface area contributed by atoms with Crippen molar-refractivity contribution in [2.24, 2.45) is 0 Å². The molecule has 0 radical (unpaired) electrons. The van der Waals surface area contributed by atoms with Crippen LogP contribution in [0.1, 0.15) is 6.42 Å². The fraction of sp³-hybridized carbons (Fsp3) is 0.900. The van der Waals surface area contributed by atoms with Crippen LogP contribution in [-0.4, -0.2) is 92.9 Å². The van der Waals surface area contributed by atoms with Crippen LogP contribution in [0.3, 0.4) is 0 Å². The first-order valence-corrected chi connectivity index (χ1v) is 9.04. The Morgan fingerprint density at radius 1 is 1.21 bits per heavy atom. The zero-order valence-corrected chi connectivity index (χ0v) is 12.6. The Labute approximate surface area is 121 Å². The molecule has 19 heavy (non-hydrogen) atoms. The molecule has 1 aliphatic heterocycles. The SMILES string of the molecule is O=C(O)CCSC[Se]C1OC(CO)C(O)C(O)C1O. The van der Waals surface area contributed by atoms with E-state index >= 15 is 0 Å². The first-order chi connectivity index (χ1) is 8.97. The molecule has 5 N–H and O–H groups in total. The van der Waals surface area contributed by atoms with Crippen molar-refractivity contribution in [3.8, 4) is 0 Å². The van der Waals surface area contributed by atoms with E-state index in [4.69, 9.17) is 14.9 Å². The van der Waals surface area contributed by atoms with Gasteiger partial charge in [0.25, 0.3) is 0 Å². The average molecular weight is 361 g/mol. The third kappa shape index (κ3) is 5.20. The molecule has 0 spiro atoms. The van der Waals surface area contributed by atoms with Gasteiger partial charge in [0.15, 0.2) is 0 Å². The summed E-state index contributed by atoms with van der Waals surface area (Å²) in [6.45, 7) is -0.427. The topological polar surface area (TPSA) is 127 Å². The molecule has 1 saturated heterocycles. The van der Waals surface area contributed by atoms with E-state index in [1.165, 1.54) is 11.8 Å². The van der Waals surface area contributed by atoms with Gasteiger partial charge in [-0.1, -0.05) is 0 Å². The van der Waals surface area contributed by atoms with Crippen molar-refractivity contribution < 1.29 is 35.1 Å². The molecule has 0 aromatic rings. The molecule has 0 aromatic heterocycles. The molecule has 1 rings (SSSR count). The van der Waals surface area contributed by atoms with Crippen LogP contribution in [0.5, 0.6) is 0 Å². The standard InChI is InChI=1S/C10H18O7SSe/c11-3-5-7(14)8(15)9(16)10(17-5)19-4-18-2-1-6(12)13/h5,7-11,14-16H,1-4H2,(H,12,13). The van der Waals surface area contributed by atoms with Gasteiger partial charge in [-0.05, 0) is 0 Å². The summed E-state index contributed by atoms with van der Waals surface area (Å²) in [4.78, 5) is 10.3. The van der Waals surface area contributed by atoms with Crippen LogP contribution in [0.15, 0.2) is 0 Å². The summed E-state index contributed by atoms with van der Waals surface area (Å²) in [5, 5.41) is 45.8. The molecular weight excluding hydrogens is 343 g/mol. The number of hydrogen-bond donors (Lipinski definition) is 5. The van der Waals surface area contributed by atoms with E-state index in [9.17, 15) is 20.1 Å². The molecule has 7 nitrogen and oxygen atoms in total. The first kappa shape index (κ1) is 17.2. The van der Waals surface area contributed by atoms with E-state index in [1.54, 1.807) is 0 Å². The molecule has 1 fully saturated rings. The quantitative estimate of drug-likeness (QED) is 0.252. The van der Waals surface area contributed by atoms with Crippen molar-refractivity contribution in [1.82, 2.24) is 0 Å². The van der Waals surface area contributed by atoms with Gasteiger partial charge >= 0.3 is 121 Å². The Kier molecular flexibility index (Phi) is 7.63. The van der Waals surface area contributed by atoms with Gasteiger partial charge in [-0.15, -0.1) is 0 Å². The van der Waals surface area contributed by atoms with Crippen LogP contribution in [-0.2, 0) is 9.53 Å². The number of carboxylic acids is 1. The summed E-state index contributed by atoms with van der Waals surface area (Å²) in [7, 11) is 0. The summed E-state index contributed by atoms with van der Waals surface area (Å²) in [5.74, 6) is -0.373. The summed E-state index contributed by atoms with van der Waals surface area (Å²) >= 11 is 1.25. The third-order valence-corrected chi connectivity index (χ3v) is 6.83. The molecule has 9 heteroatoms. The number of ether oxygens (including phenoxy) is 1. The molecule has 0 amide bonds. The van der Waals surface area contributed by atoms with E-state index in [0.717, 1.165) is 0 Å². The second-order valence-electron chi connectivity index (χ2n) is 4.03. The zero-order chi connectivity index (χ0) is 14.4. The van der Waals surface area contributed by atoms with Crippen molar-refractivity contribution >= 4 is 32.7 Å². The fourth-order valence-corrected chi connectivity index (χ4v) is 5.61. The second-order valence-corrected chi connectivity index (χ2v) is 8.24. The Bertz CT molecular complexity index is 291. The van der Waals surface area contributed by atoms with E-state index in [2.05, 4.69) is 0 Å². The molecule has 1 aliphatic rings. The molecule has 112 valence electrons. The normalized spacial score (nSPS) is 35.3. The maximum absolute atomic E-state index is 10.3. The average Bonchev–Trinajstić information content (AvgIpc) is 2.37. The Hall–Kier alpha value is 0.139. The molecule has 5 atom stereocenters. The van der Waals surface area contributed by atoms with Crippen LogP contribution in [0.25, 0.3) is 0 Å². The number of hydrogen-bond acceptors (Lipinski definition) is 7. The minimum atomic E-state index is -1.33. The van der Waals surface area contributed by atoms with Crippen LogP contribution in [0, 0.1) is 0 Å². The Morgan fingerprint density at radius 2 is 1.89 bits per heavy atom. The number of aliphatic hydroxyl groups is 4. The van der Waals surface area contributed by atoms with Gasteiger partial charge in [0.2, 0.25) is 0 Å². The Morgan fingerprint density at radius 3 is 2.47 bits per heavy atom. The molecule has 0 bridgehead atoms. The van der Waals surface area contributed by atoms with Crippen molar-refractivity contribution in [2.75, 3.05) is 17.0 Å². The van der Waals surface area contributed by atoms with Crippen LogP contribution in [0.2, 0.25) is 0 Å². The van der Waals surface area contributed by atoms with Crippen LogP contribution < -0.4 is 0 Å². The number of aliphatic hydroxyl groups excluding tert-OH is 4. The van der Waals surface area contributed by atoms with Gasteiger partial charge in [-0.3, -0.25) is 0 Å². The molecule has 0 aromatic carbocycles. The molecule has 0 saturated carbocycles. The Balaban J connectivity index is 2.33. The fourth-order valence-electron chi connectivity index (χ4n) is 1.54. The molecular formula is C10H18O7SSe. The summed E-state index contributed by atoms with van der Waals surface area (Å²) in [6.07, 6.45) is -4.63. The number of thioether (sulfide) groups is 1. The number of aliphatic carboxylic acids is 1. The maximum atomic E-state index is 10.3. The summed E-state index contributed by atoms with van der Waals surface area (Å²) < 4.78 is 5.97.